The molecular formula is C22H22N2O5. The van der Waals surface area contributed by atoms with Gasteiger partial charge in [-0.05, 0) is 47.9 Å². The smallest absolute Gasteiger partial charge is 0.295 e. The topological polar surface area (TPSA) is 89.0 Å². The van der Waals surface area contributed by atoms with Crippen molar-refractivity contribution in [3.63, 3.8) is 0 Å². The van der Waals surface area contributed by atoms with Gasteiger partial charge in [0, 0.05) is 44.6 Å². The summed E-state index contributed by atoms with van der Waals surface area (Å²) in [5.41, 5.74) is 2.30. The standard InChI is InChI=1S/C22H22N2O5/c1-28-11-2-10-24-19(14-5-8-23-9-6-14)18(21(26)22(24)27)20(25)16-3-4-17-15(13-16)7-12-29-17/h3-6,8-9,13,19,25H,2,7,10-12H2,1H3/b20-18-. The Labute approximate surface area is 168 Å². The van der Waals surface area contributed by atoms with Crippen LogP contribution in [-0.2, 0) is 20.7 Å². The fourth-order valence-electron chi connectivity index (χ4n) is 3.87. The Kier molecular flexibility index (Phi) is 5.31. The van der Waals surface area contributed by atoms with Crippen LogP contribution in [0.25, 0.3) is 5.76 Å². The van der Waals surface area contributed by atoms with Gasteiger partial charge in [0.25, 0.3) is 11.7 Å². The van der Waals surface area contributed by atoms with Crippen LogP contribution in [0.3, 0.4) is 0 Å². The summed E-state index contributed by atoms with van der Waals surface area (Å²) in [6.07, 6.45) is 4.55. The summed E-state index contributed by atoms with van der Waals surface area (Å²) in [6.45, 7) is 1.41. The molecule has 0 saturated carbocycles. The van der Waals surface area contributed by atoms with Gasteiger partial charge in [-0.1, -0.05) is 0 Å². The largest absolute Gasteiger partial charge is 0.507 e. The summed E-state index contributed by atoms with van der Waals surface area (Å²) in [7, 11) is 1.59. The number of ether oxygens (including phenoxy) is 2. The molecule has 150 valence electrons. The minimum absolute atomic E-state index is 0.0949. The first-order valence-corrected chi connectivity index (χ1v) is 9.55. The van der Waals surface area contributed by atoms with Crippen molar-refractivity contribution in [3.05, 3.63) is 65.0 Å². The first kappa shape index (κ1) is 19.1. The second-order valence-electron chi connectivity index (χ2n) is 7.04. The molecule has 0 bridgehead atoms. The maximum atomic E-state index is 12.9. The van der Waals surface area contributed by atoms with E-state index in [0.717, 1.165) is 23.3 Å². The van der Waals surface area contributed by atoms with Crippen molar-refractivity contribution in [3.8, 4) is 5.75 Å². The molecule has 1 fully saturated rings. The third-order valence-electron chi connectivity index (χ3n) is 5.27. The van der Waals surface area contributed by atoms with Crippen molar-refractivity contribution < 1.29 is 24.2 Å². The van der Waals surface area contributed by atoms with Crippen LogP contribution in [0, 0.1) is 0 Å². The molecule has 1 saturated heterocycles. The lowest BCUT2D eigenvalue weighted by Gasteiger charge is -2.25. The number of benzene rings is 1. The number of pyridine rings is 1. The highest BCUT2D eigenvalue weighted by Crippen LogP contribution is 2.40. The van der Waals surface area contributed by atoms with E-state index in [9.17, 15) is 14.7 Å². The second-order valence-corrected chi connectivity index (χ2v) is 7.04. The quantitative estimate of drug-likeness (QED) is 0.350. The van der Waals surface area contributed by atoms with E-state index in [1.54, 1.807) is 43.8 Å². The van der Waals surface area contributed by atoms with E-state index in [2.05, 4.69) is 4.98 Å². The SMILES string of the molecule is COCCCN1C(=O)C(=O)/C(=C(\O)c2ccc3c(c2)CCO3)C1c1ccncc1. The highest BCUT2D eigenvalue weighted by atomic mass is 16.5. The molecule has 1 aromatic carbocycles. The number of carbonyl (C=O) groups is 2. The van der Waals surface area contributed by atoms with E-state index in [0.29, 0.717) is 31.7 Å². The third-order valence-corrected chi connectivity index (χ3v) is 5.27. The summed E-state index contributed by atoms with van der Waals surface area (Å²) in [5.74, 6) is -0.686. The van der Waals surface area contributed by atoms with Gasteiger partial charge < -0.3 is 19.5 Å². The highest BCUT2D eigenvalue weighted by Gasteiger charge is 2.45. The number of amides is 1. The zero-order valence-electron chi connectivity index (χ0n) is 16.1. The first-order valence-electron chi connectivity index (χ1n) is 9.55. The summed E-state index contributed by atoms with van der Waals surface area (Å²) in [6, 6.07) is 8.15. The van der Waals surface area contributed by atoms with E-state index in [-0.39, 0.29) is 11.3 Å². The maximum Gasteiger partial charge on any atom is 0.295 e. The number of carbonyl (C=O) groups excluding carboxylic acids is 2. The number of hydrogen-bond acceptors (Lipinski definition) is 6. The molecule has 2 aliphatic heterocycles. The molecule has 4 rings (SSSR count). The molecule has 0 aliphatic carbocycles. The molecule has 2 aromatic rings. The van der Waals surface area contributed by atoms with E-state index in [4.69, 9.17) is 9.47 Å². The summed E-state index contributed by atoms with van der Waals surface area (Å²) in [4.78, 5) is 31.2. The molecule has 0 spiro atoms. The molecule has 1 N–H and O–H groups in total. The van der Waals surface area contributed by atoms with Crippen molar-refractivity contribution in [1.82, 2.24) is 9.88 Å². The van der Waals surface area contributed by atoms with E-state index in [1.165, 1.54) is 4.90 Å². The number of fused-ring (bicyclic) bond motifs is 1. The maximum absolute atomic E-state index is 12.9. The average molecular weight is 394 g/mol. The Morgan fingerprint density at radius 3 is 2.83 bits per heavy atom. The van der Waals surface area contributed by atoms with Crippen LogP contribution in [0.5, 0.6) is 5.75 Å². The number of hydrogen-bond donors (Lipinski definition) is 1. The Balaban J connectivity index is 1.79. The average Bonchev–Trinajstić information content (AvgIpc) is 3.31. The van der Waals surface area contributed by atoms with Crippen molar-refractivity contribution in [2.45, 2.75) is 18.9 Å². The number of methoxy groups -OCH3 is 1. The van der Waals surface area contributed by atoms with Gasteiger partial charge in [-0.25, -0.2) is 0 Å². The van der Waals surface area contributed by atoms with Crippen LogP contribution in [0.4, 0.5) is 0 Å². The molecular weight excluding hydrogens is 372 g/mol. The Hall–Kier alpha value is -3.19. The van der Waals surface area contributed by atoms with Gasteiger partial charge >= 0.3 is 0 Å². The van der Waals surface area contributed by atoms with E-state index in [1.807, 2.05) is 6.07 Å². The summed E-state index contributed by atoms with van der Waals surface area (Å²) in [5, 5.41) is 11.1. The Bertz CT molecular complexity index is 970. The zero-order chi connectivity index (χ0) is 20.4. The lowest BCUT2D eigenvalue weighted by molar-refractivity contribution is -0.140. The van der Waals surface area contributed by atoms with Crippen LogP contribution < -0.4 is 4.74 Å². The molecule has 7 nitrogen and oxygen atoms in total. The monoisotopic (exact) mass is 394 g/mol. The minimum atomic E-state index is -0.682. The van der Waals surface area contributed by atoms with Gasteiger partial charge in [0.2, 0.25) is 0 Å². The van der Waals surface area contributed by atoms with Gasteiger partial charge in [-0.3, -0.25) is 14.6 Å². The highest BCUT2D eigenvalue weighted by molar-refractivity contribution is 6.46. The van der Waals surface area contributed by atoms with Crippen LogP contribution in [0.15, 0.2) is 48.3 Å². The molecule has 2 aliphatic rings. The third kappa shape index (κ3) is 3.49. The van der Waals surface area contributed by atoms with E-state index < -0.39 is 17.7 Å². The Morgan fingerprint density at radius 1 is 1.28 bits per heavy atom. The molecule has 1 amide bonds. The minimum Gasteiger partial charge on any atom is -0.507 e. The molecule has 29 heavy (non-hydrogen) atoms. The summed E-state index contributed by atoms with van der Waals surface area (Å²) < 4.78 is 10.6. The summed E-state index contributed by atoms with van der Waals surface area (Å²) >= 11 is 0. The number of aliphatic hydroxyl groups is 1. The molecule has 7 heteroatoms. The number of aliphatic hydroxyl groups excluding tert-OH is 1. The number of Topliss-reactive ketones (excluding diaryl/α,β-unsaturated/α-hetero) is 1. The van der Waals surface area contributed by atoms with Gasteiger partial charge in [0.1, 0.15) is 11.5 Å². The lowest BCUT2D eigenvalue weighted by Crippen LogP contribution is -2.31. The van der Waals surface area contributed by atoms with Crippen molar-refractivity contribution in [1.29, 1.82) is 0 Å². The van der Waals surface area contributed by atoms with Gasteiger partial charge in [0.15, 0.2) is 0 Å². The number of aromatic nitrogens is 1. The predicted octanol–water partition coefficient (Wildman–Crippen LogP) is 2.47. The first-order chi connectivity index (χ1) is 14.1. The number of nitrogens with zero attached hydrogens (tertiary/aromatic N) is 2. The van der Waals surface area contributed by atoms with Gasteiger partial charge in [-0.15, -0.1) is 0 Å². The molecule has 0 radical (unpaired) electrons. The normalized spacial score (nSPS) is 20.0. The van der Waals surface area contributed by atoms with Crippen LogP contribution in [0.1, 0.15) is 29.2 Å². The number of ketones is 1. The molecule has 3 heterocycles. The fourth-order valence-corrected chi connectivity index (χ4v) is 3.87. The second kappa shape index (κ2) is 8.05. The molecule has 1 unspecified atom stereocenters. The van der Waals surface area contributed by atoms with Crippen LogP contribution >= 0.6 is 0 Å². The van der Waals surface area contributed by atoms with Crippen molar-refractivity contribution in [2.75, 3.05) is 26.9 Å². The van der Waals surface area contributed by atoms with Crippen LogP contribution in [-0.4, -0.2) is 53.5 Å². The van der Waals surface area contributed by atoms with Gasteiger partial charge in [0.05, 0.1) is 18.2 Å². The zero-order valence-corrected chi connectivity index (χ0v) is 16.1. The van der Waals surface area contributed by atoms with E-state index >= 15 is 0 Å². The predicted molar refractivity (Wildman–Crippen MR) is 105 cm³/mol. The van der Waals surface area contributed by atoms with Crippen molar-refractivity contribution in [2.24, 2.45) is 0 Å². The van der Waals surface area contributed by atoms with Crippen molar-refractivity contribution >= 4 is 17.4 Å². The van der Waals surface area contributed by atoms with Gasteiger partial charge in [-0.2, -0.15) is 0 Å². The molecule has 1 atom stereocenters. The number of rotatable bonds is 6. The van der Waals surface area contributed by atoms with Crippen LogP contribution in [0.2, 0.25) is 0 Å². The number of likely N-dealkylation sites (tertiary alicyclic amines) is 1. The molecule has 1 aromatic heterocycles. The fraction of sp³-hybridized carbons (Fsp3) is 0.318. The Morgan fingerprint density at radius 2 is 2.07 bits per heavy atom. The lowest BCUT2D eigenvalue weighted by atomic mass is 9.95.